The number of hydrogen-bond donors (Lipinski definition) is 1. The lowest BCUT2D eigenvalue weighted by atomic mass is 10.00. The van der Waals surface area contributed by atoms with E-state index in [1.807, 2.05) is 13.8 Å². The van der Waals surface area contributed by atoms with Crippen molar-refractivity contribution in [2.45, 2.75) is 39.0 Å². The molecular formula is C22H24F2N2O2. The van der Waals surface area contributed by atoms with Crippen LogP contribution in [-0.4, -0.2) is 18.4 Å². The monoisotopic (exact) mass is 386 g/mol. The largest absolute Gasteiger partial charge is 0.325 e. The summed E-state index contributed by atoms with van der Waals surface area (Å²) in [6.07, 6.45) is 1.90. The van der Waals surface area contributed by atoms with Crippen molar-refractivity contribution < 1.29 is 18.4 Å². The second-order valence-corrected chi connectivity index (χ2v) is 7.39. The number of carbonyl (C=O) groups excluding carboxylic acids is 2. The Kier molecular flexibility index (Phi) is 6.07. The number of anilines is 2. The smallest absolute Gasteiger partial charge is 0.239 e. The average Bonchev–Trinajstić information content (AvgIpc) is 2.84. The second kappa shape index (κ2) is 8.50. The minimum Gasteiger partial charge on any atom is -0.325 e. The molecule has 148 valence electrons. The molecule has 2 amide bonds. The predicted octanol–water partition coefficient (Wildman–Crippen LogP) is 4.86. The van der Waals surface area contributed by atoms with Gasteiger partial charge < -0.3 is 10.2 Å². The maximum atomic E-state index is 14.2. The Morgan fingerprint density at radius 1 is 1.11 bits per heavy atom. The van der Waals surface area contributed by atoms with Crippen molar-refractivity contribution in [2.75, 3.05) is 16.8 Å². The minimum absolute atomic E-state index is 0.0393. The van der Waals surface area contributed by atoms with E-state index in [2.05, 4.69) is 5.32 Å². The van der Waals surface area contributed by atoms with Crippen molar-refractivity contribution in [1.82, 2.24) is 0 Å². The molecule has 1 atom stereocenters. The summed E-state index contributed by atoms with van der Waals surface area (Å²) >= 11 is 0. The molecule has 1 unspecified atom stereocenters. The highest BCUT2D eigenvalue weighted by molar-refractivity contribution is 6.11. The molecule has 4 nitrogen and oxygen atoms in total. The molecule has 2 aromatic rings. The quantitative estimate of drug-likeness (QED) is 0.763. The zero-order chi connectivity index (χ0) is 20.3. The molecule has 3 rings (SSSR count). The topological polar surface area (TPSA) is 49.4 Å². The fourth-order valence-electron chi connectivity index (χ4n) is 3.46. The van der Waals surface area contributed by atoms with Crippen LogP contribution in [0.3, 0.4) is 0 Å². The Labute approximate surface area is 163 Å². The molecule has 0 saturated carbocycles. The van der Waals surface area contributed by atoms with Gasteiger partial charge in [0.1, 0.15) is 17.6 Å². The van der Waals surface area contributed by atoms with Gasteiger partial charge >= 0.3 is 0 Å². The molecule has 1 heterocycles. The van der Waals surface area contributed by atoms with Crippen molar-refractivity contribution in [2.24, 2.45) is 5.92 Å². The first kappa shape index (κ1) is 20.0. The van der Waals surface area contributed by atoms with Gasteiger partial charge in [-0.2, -0.15) is 0 Å². The molecule has 1 aliphatic heterocycles. The third-order valence-electron chi connectivity index (χ3n) is 5.03. The van der Waals surface area contributed by atoms with Gasteiger partial charge in [0.2, 0.25) is 11.8 Å². The summed E-state index contributed by atoms with van der Waals surface area (Å²) in [4.78, 5) is 27.2. The number of hydrogen-bond acceptors (Lipinski definition) is 2. The Hall–Kier alpha value is -2.76. The molecule has 1 fully saturated rings. The van der Waals surface area contributed by atoms with Crippen molar-refractivity contribution in [3.63, 3.8) is 0 Å². The van der Waals surface area contributed by atoms with Gasteiger partial charge in [0.05, 0.1) is 0 Å². The van der Waals surface area contributed by atoms with Crippen LogP contribution < -0.4 is 10.2 Å². The van der Waals surface area contributed by atoms with Crippen molar-refractivity contribution in [3.8, 4) is 0 Å². The molecule has 1 saturated heterocycles. The maximum Gasteiger partial charge on any atom is 0.239 e. The number of carbonyl (C=O) groups is 2. The fraction of sp³-hybridized carbons (Fsp3) is 0.364. The normalized spacial score (nSPS) is 17.5. The molecule has 1 N–H and O–H groups in total. The molecular weight excluding hydrogens is 362 g/mol. The Bertz CT molecular complexity index is 865. The predicted molar refractivity (Wildman–Crippen MR) is 105 cm³/mol. The molecule has 0 aliphatic carbocycles. The van der Waals surface area contributed by atoms with Gasteiger partial charge in [-0.3, -0.25) is 9.59 Å². The van der Waals surface area contributed by atoms with E-state index in [1.165, 1.54) is 35.2 Å². The van der Waals surface area contributed by atoms with E-state index in [0.717, 1.165) is 12.8 Å². The van der Waals surface area contributed by atoms with Gasteiger partial charge in [0.15, 0.2) is 0 Å². The van der Waals surface area contributed by atoms with Gasteiger partial charge in [-0.05, 0) is 60.7 Å². The van der Waals surface area contributed by atoms with E-state index in [0.29, 0.717) is 29.9 Å². The first-order valence-electron chi connectivity index (χ1n) is 9.54. The lowest BCUT2D eigenvalue weighted by molar-refractivity contribution is -0.130. The van der Waals surface area contributed by atoms with Crippen molar-refractivity contribution in [3.05, 3.63) is 59.7 Å². The van der Waals surface area contributed by atoms with Crippen molar-refractivity contribution >= 4 is 23.2 Å². The van der Waals surface area contributed by atoms with Gasteiger partial charge in [-0.25, -0.2) is 8.78 Å². The molecule has 6 heteroatoms. The number of halogens is 2. The van der Waals surface area contributed by atoms with Gasteiger partial charge in [-0.1, -0.05) is 26.3 Å². The molecule has 1 aliphatic rings. The maximum absolute atomic E-state index is 14.2. The zero-order valence-corrected chi connectivity index (χ0v) is 16.0. The third kappa shape index (κ3) is 4.38. The number of amides is 2. The molecule has 0 spiro atoms. The van der Waals surface area contributed by atoms with Gasteiger partial charge in [0.25, 0.3) is 0 Å². The van der Waals surface area contributed by atoms with Crippen LogP contribution in [0.1, 0.15) is 44.6 Å². The van der Waals surface area contributed by atoms with Crippen LogP contribution >= 0.6 is 0 Å². The van der Waals surface area contributed by atoms with Gasteiger partial charge in [-0.15, -0.1) is 0 Å². The first-order chi connectivity index (χ1) is 13.4. The molecule has 0 radical (unpaired) electrons. The van der Waals surface area contributed by atoms with Crippen LogP contribution in [0.5, 0.6) is 0 Å². The highest BCUT2D eigenvalue weighted by atomic mass is 19.1. The van der Waals surface area contributed by atoms with Crippen LogP contribution in [0.15, 0.2) is 42.5 Å². The average molecular weight is 386 g/mol. The van der Waals surface area contributed by atoms with E-state index < -0.39 is 11.8 Å². The van der Waals surface area contributed by atoms with E-state index >= 15 is 0 Å². The zero-order valence-electron chi connectivity index (χ0n) is 16.0. The Balaban J connectivity index is 1.77. The summed E-state index contributed by atoms with van der Waals surface area (Å²) in [6, 6.07) is 10.2. The van der Waals surface area contributed by atoms with Crippen LogP contribution in [0.4, 0.5) is 20.2 Å². The number of nitrogens with one attached hydrogen (secondary N) is 1. The van der Waals surface area contributed by atoms with E-state index in [1.54, 1.807) is 12.1 Å². The summed E-state index contributed by atoms with van der Waals surface area (Å²) in [5.74, 6) is -2.35. The molecule has 0 bridgehead atoms. The SMILES string of the molecule is CC(C)c1ccc(NC(=O)C2CCCCN(c3ccc(F)cc3)C2=O)cc1F. The van der Waals surface area contributed by atoms with Crippen LogP contribution in [0, 0.1) is 17.6 Å². The van der Waals surface area contributed by atoms with Crippen LogP contribution in [-0.2, 0) is 9.59 Å². The Morgan fingerprint density at radius 3 is 2.46 bits per heavy atom. The molecule has 2 aromatic carbocycles. The standard InChI is InChI=1S/C22H24F2N2O2/c1-14(2)18-11-8-16(13-20(18)24)25-21(27)19-5-3-4-12-26(22(19)28)17-9-6-15(23)7-10-17/h6-11,13-14,19H,3-5,12H2,1-2H3,(H,25,27). The summed E-state index contributed by atoms with van der Waals surface area (Å²) in [5.41, 5.74) is 1.47. The third-order valence-corrected chi connectivity index (χ3v) is 5.03. The highest BCUT2D eigenvalue weighted by Crippen LogP contribution is 2.26. The van der Waals surface area contributed by atoms with Gasteiger partial charge in [0, 0.05) is 17.9 Å². The summed E-state index contributed by atoms with van der Waals surface area (Å²) < 4.78 is 27.4. The molecule has 0 aromatic heterocycles. The second-order valence-electron chi connectivity index (χ2n) is 7.39. The van der Waals surface area contributed by atoms with Crippen molar-refractivity contribution in [1.29, 1.82) is 0 Å². The first-order valence-corrected chi connectivity index (χ1v) is 9.54. The van der Waals surface area contributed by atoms with E-state index in [4.69, 9.17) is 0 Å². The van der Waals surface area contributed by atoms with Crippen LogP contribution in [0.2, 0.25) is 0 Å². The number of benzene rings is 2. The summed E-state index contributed by atoms with van der Waals surface area (Å²) in [6.45, 7) is 4.27. The van der Waals surface area contributed by atoms with Crippen LogP contribution in [0.25, 0.3) is 0 Å². The lowest BCUT2D eigenvalue weighted by Gasteiger charge is -2.24. The Morgan fingerprint density at radius 2 is 1.82 bits per heavy atom. The van der Waals surface area contributed by atoms with E-state index in [-0.39, 0.29) is 23.5 Å². The van der Waals surface area contributed by atoms with E-state index in [9.17, 15) is 18.4 Å². The summed E-state index contributed by atoms with van der Waals surface area (Å²) in [7, 11) is 0. The minimum atomic E-state index is -0.861. The fourth-order valence-corrected chi connectivity index (χ4v) is 3.46. The highest BCUT2D eigenvalue weighted by Gasteiger charge is 2.33. The number of rotatable bonds is 4. The lowest BCUT2D eigenvalue weighted by Crippen LogP contribution is -2.40. The summed E-state index contributed by atoms with van der Waals surface area (Å²) in [5, 5.41) is 2.67. The molecule has 28 heavy (non-hydrogen) atoms. The number of nitrogens with zero attached hydrogens (tertiary/aromatic N) is 1.